The smallest absolute Gasteiger partial charge is 0.243 e. The molecule has 34 nitrogen and oxygen atoms in total. The van der Waals surface area contributed by atoms with E-state index in [1.807, 2.05) is 6.92 Å². The van der Waals surface area contributed by atoms with Gasteiger partial charge in [-0.05, 0) is 122 Å². The summed E-state index contributed by atoms with van der Waals surface area (Å²) in [5, 5.41) is 46.2. The molecule has 0 aromatic rings. The van der Waals surface area contributed by atoms with Gasteiger partial charge in [0, 0.05) is 25.9 Å². The van der Waals surface area contributed by atoms with Crippen LogP contribution in [-0.4, -0.2) is 193 Å². The Bertz CT molecular complexity index is 2490. The van der Waals surface area contributed by atoms with Crippen LogP contribution in [0.5, 0.6) is 0 Å². The van der Waals surface area contributed by atoms with Crippen LogP contribution in [-0.2, 0) is 62.3 Å². The number of amides is 13. The maximum atomic E-state index is 14.3. The van der Waals surface area contributed by atoms with Crippen LogP contribution in [0.3, 0.4) is 0 Å². The van der Waals surface area contributed by atoms with Crippen LogP contribution in [0.1, 0.15) is 145 Å². The third-order valence-corrected chi connectivity index (χ3v) is 15.1. The minimum Gasteiger partial charge on any atom is -0.370 e. The highest BCUT2D eigenvalue weighted by atomic mass is 16.2. The summed E-state index contributed by atoms with van der Waals surface area (Å²) in [7, 11) is 1.74. The topological polar surface area (TPSA) is 573 Å². The van der Waals surface area contributed by atoms with E-state index in [9.17, 15) is 62.3 Å². The molecule has 1 aliphatic rings. The summed E-state index contributed by atoms with van der Waals surface area (Å²) in [6, 6.07) is -13.9. The first-order valence-electron chi connectivity index (χ1n) is 30.6. The normalized spacial score (nSPS) is 16.6. The lowest BCUT2D eigenvalue weighted by molar-refractivity contribution is -0.136. The second kappa shape index (κ2) is 41.0. The summed E-state index contributed by atoms with van der Waals surface area (Å²) in [6.07, 6.45) is 1.06. The maximum Gasteiger partial charge on any atom is 0.243 e. The molecule has 26 N–H and O–H groups in total. The van der Waals surface area contributed by atoms with Gasteiger partial charge in [0.2, 0.25) is 76.8 Å². The summed E-state index contributed by atoms with van der Waals surface area (Å²) in [6.45, 7) is 13.7. The van der Waals surface area contributed by atoms with Crippen LogP contribution in [0.2, 0.25) is 0 Å². The first kappa shape index (κ1) is 79.6. The second-order valence-corrected chi connectivity index (χ2v) is 23.4. The number of nitrogens with zero attached hydrogens (tertiary/aromatic N) is 1. The van der Waals surface area contributed by atoms with Crippen molar-refractivity contribution in [1.82, 2.24) is 68.7 Å². The fourth-order valence-electron chi connectivity index (χ4n) is 9.41. The van der Waals surface area contributed by atoms with E-state index in [0.717, 1.165) is 6.42 Å². The van der Waals surface area contributed by atoms with E-state index in [2.05, 4.69) is 63.8 Å². The Morgan fingerprint density at radius 1 is 0.456 bits per heavy atom. The Balaban J connectivity index is 3.47. The van der Waals surface area contributed by atoms with Crippen molar-refractivity contribution in [2.45, 2.75) is 212 Å². The molecule has 1 rings (SSSR count). The van der Waals surface area contributed by atoms with Crippen molar-refractivity contribution < 1.29 is 62.3 Å². The minimum atomic E-state index is -1.58. The van der Waals surface area contributed by atoms with Crippen LogP contribution in [0.15, 0.2) is 0 Å². The molecule has 0 unspecified atom stereocenters. The highest BCUT2D eigenvalue weighted by molar-refractivity contribution is 5.99. The fraction of sp³-hybridized carbons (Fsp3) is 0.732. The van der Waals surface area contributed by atoms with Crippen molar-refractivity contribution >= 4 is 88.7 Å². The van der Waals surface area contributed by atoms with Gasteiger partial charge in [0.1, 0.15) is 60.4 Å². The molecule has 0 aromatic carbocycles. The number of rotatable bonds is 43. The molecule has 510 valence electrons. The van der Waals surface area contributed by atoms with Gasteiger partial charge < -0.3 is 98.2 Å². The Hall–Kier alpha value is -8.43. The number of nitrogens with two attached hydrogens (primary N) is 6. The number of likely N-dealkylation sites (N-methyl/N-ethyl adjacent to an activating group) is 1. The second-order valence-electron chi connectivity index (χ2n) is 23.4. The SMILES string of the molecule is CC[C@H](C)[C@H](NC(=O)[C@H](C)NC(=O)[C@@H](NC(=O)[C@H](CCCNC(=N)N)NC(=O)[C@@H](NC(=O)[C@H](C)NC(=O)[C@H](CCCCN)NC(=O)[C@H](CCC(N)=O)NC(=O)[C@H](CCCNC(=N)N)NC(=O)[C@H](CCC(N)=O)NC(=O)[C@@H]1CCCN1C)C(C)C)C(C)C)C(N)=O. The zero-order chi connectivity index (χ0) is 68.5. The van der Waals surface area contributed by atoms with Gasteiger partial charge in [-0.3, -0.25) is 78.0 Å². The van der Waals surface area contributed by atoms with Crippen molar-refractivity contribution in [2.75, 3.05) is 33.2 Å². The number of hydrogen-bond acceptors (Lipinski definition) is 17. The zero-order valence-electron chi connectivity index (χ0n) is 53.5. The first-order chi connectivity index (χ1) is 42.1. The molecule has 1 saturated heterocycles. The van der Waals surface area contributed by atoms with Crippen molar-refractivity contribution in [3.8, 4) is 0 Å². The number of carbonyl (C=O) groups is 13. The summed E-state index contributed by atoms with van der Waals surface area (Å²) in [4.78, 5) is 177. The van der Waals surface area contributed by atoms with Crippen LogP contribution in [0.25, 0.3) is 0 Å². The lowest BCUT2D eigenvalue weighted by atomic mass is 9.98. The summed E-state index contributed by atoms with van der Waals surface area (Å²) >= 11 is 0. The molecule has 1 aliphatic heterocycles. The largest absolute Gasteiger partial charge is 0.370 e. The Morgan fingerprint density at radius 3 is 1.19 bits per heavy atom. The first-order valence-corrected chi connectivity index (χ1v) is 30.6. The average molecular weight is 1280 g/mol. The third-order valence-electron chi connectivity index (χ3n) is 15.1. The number of hydrogen-bond donors (Lipinski definition) is 20. The molecule has 0 spiro atoms. The molecule has 0 aliphatic carbocycles. The molecule has 90 heavy (non-hydrogen) atoms. The molecule has 13 amide bonds. The molecular weight excluding hydrogens is 1170 g/mol. The van der Waals surface area contributed by atoms with Crippen LogP contribution in [0.4, 0.5) is 0 Å². The summed E-state index contributed by atoms with van der Waals surface area (Å²) in [5.41, 5.74) is 33.0. The minimum absolute atomic E-state index is 0.0532. The molecule has 0 saturated carbocycles. The van der Waals surface area contributed by atoms with Crippen LogP contribution in [0, 0.1) is 28.6 Å². The molecule has 12 atom stereocenters. The van der Waals surface area contributed by atoms with Gasteiger partial charge in [-0.1, -0.05) is 48.0 Å². The Kier molecular flexibility index (Phi) is 36.2. The number of primary amides is 3. The van der Waals surface area contributed by atoms with E-state index in [0.29, 0.717) is 25.8 Å². The van der Waals surface area contributed by atoms with E-state index in [4.69, 9.17) is 45.2 Å². The van der Waals surface area contributed by atoms with E-state index in [-0.39, 0.29) is 88.8 Å². The predicted molar refractivity (Wildman–Crippen MR) is 333 cm³/mol. The molecule has 34 heteroatoms. The highest BCUT2D eigenvalue weighted by Gasteiger charge is 2.37. The zero-order valence-corrected chi connectivity index (χ0v) is 53.5. The quantitative estimate of drug-likeness (QED) is 0.0154. The predicted octanol–water partition coefficient (Wildman–Crippen LogP) is -6.00. The number of guanidine groups is 2. The molecular formula is C56H103N21O13. The van der Waals surface area contributed by atoms with Gasteiger partial charge in [0.15, 0.2) is 11.9 Å². The average Bonchev–Trinajstić information content (AvgIpc) is 4.16. The molecule has 0 bridgehead atoms. The number of likely N-dealkylation sites (tertiary alicyclic amines) is 1. The van der Waals surface area contributed by atoms with Crippen molar-refractivity contribution in [3.05, 3.63) is 0 Å². The molecule has 1 heterocycles. The lowest BCUT2D eigenvalue weighted by Gasteiger charge is -2.29. The van der Waals surface area contributed by atoms with E-state index in [1.165, 1.54) is 13.8 Å². The van der Waals surface area contributed by atoms with Gasteiger partial charge >= 0.3 is 0 Å². The van der Waals surface area contributed by atoms with Gasteiger partial charge in [-0.2, -0.15) is 0 Å². The number of nitrogens with one attached hydrogen (secondary N) is 14. The van der Waals surface area contributed by atoms with E-state index >= 15 is 0 Å². The Morgan fingerprint density at radius 2 is 0.811 bits per heavy atom. The monoisotopic (exact) mass is 1280 g/mol. The van der Waals surface area contributed by atoms with Crippen molar-refractivity contribution in [1.29, 1.82) is 10.8 Å². The Labute approximate surface area is 526 Å². The third kappa shape index (κ3) is 29.7. The van der Waals surface area contributed by atoms with Crippen molar-refractivity contribution in [2.24, 2.45) is 52.2 Å². The van der Waals surface area contributed by atoms with Crippen LogP contribution < -0.4 is 98.2 Å². The summed E-state index contributed by atoms with van der Waals surface area (Å²) in [5.74, 6) is -12.8. The van der Waals surface area contributed by atoms with E-state index in [1.54, 1.807) is 46.6 Å². The standard InChI is InChI=1S/C56H103N21O13/c1-10-30(6)43(44(60)80)76-46(82)32(8)68-53(89)41(28(2)3)75-51(87)35(18-14-26-66-56(63)64)73-54(90)42(29(4)5)74-45(81)31(7)67-47(83)33(16-11-12-24-57)69-49(85)36(20-22-39(58)78)71-48(84)34(17-13-25-65-55(61)62)70-50(86)37(21-23-40(59)79)72-52(88)38-19-15-27-77(38)9/h28-38,41-43H,10-27,57H2,1-9H3,(H2,58,78)(H2,59,79)(H2,60,80)(H,67,83)(H,68,89)(H,69,85)(H,70,86)(H,71,84)(H,72,88)(H,73,90)(H,74,81)(H,75,87)(H,76,82)(H4,61,62,65)(H4,63,64,66)/t30-,31-,32-,33-,34-,35-,36-,37-,38-,41-,42-,43-/m0/s1. The molecule has 0 radical (unpaired) electrons. The van der Waals surface area contributed by atoms with Gasteiger partial charge in [0.25, 0.3) is 0 Å². The maximum absolute atomic E-state index is 14.3. The highest BCUT2D eigenvalue weighted by Crippen LogP contribution is 2.16. The number of unbranched alkanes of at least 4 members (excludes halogenated alkanes) is 1. The lowest BCUT2D eigenvalue weighted by Crippen LogP contribution is -2.61. The molecule has 0 aromatic heterocycles. The van der Waals surface area contributed by atoms with E-state index < -0.39 is 168 Å². The summed E-state index contributed by atoms with van der Waals surface area (Å²) < 4.78 is 0. The number of carbonyl (C=O) groups excluding carboxylic acids is 13. The van der Waals surface area contributed by atoms with Crippen molar-refractivity contribution in [3.63, 3.8) is 0 Å². The van der Waals surface area contributed by atoms with Gasteiger partial charge in [-0.15, -0.1) is 0 Å². The fourth-order valence-corrected chi connectivity index (χ4v) is 9.41. The molecule has 1 fully saturated rings. The van der Waals surface area contributed by atoms with Gasteiger partial charge in [0.05, 0.1) is 6.04 Å². The van der Waals surface area contributed by atoms with Gasteiger partial charge in [-0.25, -0.2) is 0 Å². The van der Waals surface area contributed by atoms with Crippen LogP contribution >= 0.6 is 0 Å².